The van der Waals surface area contributed by atoms with Crippen LogP contribution in [0.3, 0.4) is 0 Å². The molecule has 0 aliphatic heterocycles. The molecule has 2 aromatic carbocycles. The molecule has 3 rings (SSSR count). The van der Waals surface area contributed by atoms with Crippen LogP contribution in [0.4, 0.5) is 0 Å². The molecule has 0 bridgehead atoms. The van der Waals surface area contributed by atoms with Crippen LogP contribution in [0.1, 0.15) is 22.9 Å². The van der Waals surface area contributed by atoms with Crippen molar-refractivity contribution in [2.75, 3.05) is 7.05 Å². The standard InChI is InChI=1S/C19H22N4O/c1-13-14(2)24-18(23-13)12-22-19(20-3)21-11-16-9-6-8-15-7-4-5-10-17(15)16/h4-10H,11-12H2,1-3H3,(H2,20,21,22). The summed E-state index contributed by atoms with van der Waals surface area (Å²) in [5.41, 5.74) is 2.16. The molecular weight excluding hydrogens is 300 g/mol. The van der Waals surface area contributed by atoms with Gasteiger partial charge in [-0.25, -0.2) is 4.98 Å². The number of benzene rings is 2. The Morgan fingerprint density at radius 1 is 1.04 bits per heavy atom. The highest BCUT2D eigenvalue weighted by molar-refractivity contribution is 5.86. The molecule has 124 valence electrons. The van der Waals surface area contributed by atoms with Crippen LogP contribution in [0, 0.1) is 13.8 Å². The maximum absolute atomic E-state index is 5.57. The van der Waals surface area contributed by atoms with Crippen LogP contribution in [0.15, 0.2) is 51.9 Å². The van der Waals surface area contributed by atoms with Crippen molar-refractivity contribution in [3.05, 3.63) is 65.4 Å². The number of nitrogens with zero attached hydrogens (tertiary/aromatic N) is 2. The van der Waals surface area contributed by atoms with E-state index in [1.54, 1.807) is 7.05 Å². The van der Waals surface area contributed by atoms with Crippen LogP contribution in [0.25, 0.3) is 10.8 Å². The molecule has 0 fully saturated rings. The number of guanidine groups is 1. The van der Waals surface area contributed by atoms with Crippen molar-refractivity contribution in [3.8, 4) is 0 Å². The molecule has 1 aromatic heterocycles. The minimum atomic E-state index is 0.504. The maximum atomic E-state index is 5.57. The molecule has 24 heavy (non-hydrogen) atoms. The Morgan fingerprint density at radius 3 is 2.54 bits per heavy atom. The number of aliphatic imine (C=N–C) groups is 1. The van der Waals surface area contributed by atoms with E-state index in [0.29, 0.717) is 19.0 Å². The van der Waals surface area contributed by atoms with E-state index in [2.05, 4.69) is 63.1 Å². The van der Waals surface area contributed by atoms with E-state index in [4.69, 9.17) is 4.42 Å². The van der Waals surface area contributed by atoms with Crippen molar-refractivity contribution in [2.45, 2.75) is 26.9 Å². The Hall–Kier alpha value is -2.82. The van der Waals surface area contributed by atoms with Gasteiger partial charge in [-0.1, -0.05) is 42.5 Å². The zero-order chi connectivity index (χ0) is 16.9. The molecule has 0 aliphatic carbocycles. The molecule has 0 spiro atoms. The van der Waals surface area contributed by atoms with E-state index in [1.165, 1.54) is 16.3 Å². The molecule has 0 amide bonds. The van der Waals surface area contributed by atoms with E-state index in [0.717, 1.165) is 17.4 Å². The Labute approximate surface area is 141 Å². The van der Waals surface area contributed by atoms with Crippen molar-refractivity contribution < 1.29 is 4.42 Å². The molecule has 3 aromatic rings. The normalized spacial score (nSPS) is 11.7. The third-order valence-corrected chi connectivity index (χ3v) is 4.03. The number of oxazole rings is 1. The van der Waals surface area contributed by atoms with E-state index < -0.39 is 0 Å². The molecule has 0 unspecified atom stereocenters. The van der Waals surface area contributed by atoms with E-state index >= 15 is 0 Å². The van der Waals surface area contributed by atoms with E-state index in [1.807, 2.05) is 13.8 Å². The highest BCUT2D eigenvalue weighted by Crippen LogP contribution is 2.18. The van der Waals surface area contributed by atoms with E-state index in [-0.39, 0.29) is 0 Å². The monoisotopic (exact) mass is 322 g/mol. The van der Waals surface area contributed by atoms with Gasteiger partial charge in [0.25, 0.3) is 0 Å². The second-order valence-electron chi connectivity index (χ2n) is 5.67. The lowest BCUT2D eigenvalue weighted by Crippen LogP contribution is -2.36. The van der Waals surface area contributed by atoms with Gasteiger partial charge >= 0.3 is 0 Å². The fourth-order valence-electron chi connectivity index (χ4n) is 2.62. The first-order valence-corrected chi connectivity index (χ1v) is 8.01. The van der Waals surface area contributed by atoms with Gasteiger partial charge in [0.1, 0.15) is 5.76 Å². The van der Waals surface area contributed by atoms with Gasteiger partial charge in [-0.05, 0) is 30.2 Å². The number of fused-ring (bicyclic) bond motifs is 1. The van der Waals surface area contributed by atoms with Gasteiger partial charge in [-0.15, -0.1) is 0 Å². The second-order valence-corrected chi connectivity index (χ2v) is 5.67. The zero-order valence-electron chi connectivity index (χ0n) is 14.3. The first-order valence-electron chi connectivity index (χ1n) is 8.01. The minimum Gasteiger partial charge on any atom is -0.444 e. The number of aryl methyl sites for hydroxylation is 2. The average molecular weight is 322 g/mol. The summed E-state index contributed by atoms with van der Waals surface area (Å²) in [6.45, 7) is 5.06. The van der Waals surface area contributed by atoms with Gasteiger partial charge in [0, 0.05) is 13.6 Å². The lowest BCUT2D eigenvalue weighted by molar-refractivity contribution is 0.463. The molecule has 2 N–H and O–H groups in total. The molecule has 5 nitrogen and oxygen atoms in total. The van der Waals surface area contributed by atoms with Gasteiger partial charge in [0.05, 0.1) is 12.2 Å². The third kappa shape index (κ3) is 3.56. The maximum Gasteiger partial charge on any atom is 0.214 e. The van der Waals surface area contributed by atoms with Crippen LogP contribution < -0.4 is 10.6 Å². The zero-order valence-corrected chi connectivity index (χ0v) is 14.3. The van der Waals surface area contributed by atoms with Crippen molar-refractivity contribution in [1.82, 2.24) is 15.6 Å². The molecular formula is C19H22N4O. The van der Waals surface area contributed by atoms with Gasteiger partial charge in [0.2, 0.25) is 5.89 Å². The van der Waals surface area contributed by atoms with Crippen molar-refractivity contribution in [2.24, 2.45) is 4.99 Å². The largest absolute Gasteiger partial charge is 0.444 e. The molecule has 0 saturated carbocycles. The first-order chi connectivity index (χ1) is 11.7. The van der Waals surface area contributed by atoms with Crippen LogP contribution in [-0.2, 0) is 13.1 Å². The summed E-state index contributed by atoms with van der Waals surface area (Å²) in [7, 11) is 1.75. The van der Waals surface area contributed by atoms with Gasteiger partial charge in [0.15, 0.2) is 5.96 Å². The predicted molar refractivity (Wildman–Crippen MR) is 97.0 cm³/mol. The van der Waals surface area contributed by atoms with Crippen molar-refractivity contribution in [1.29, 1.82) is 0 Å². The van der Waals surface area contributed by atoms with Crippen molar-refractivity contribution in [3.63, 3.8) is 0 Å². The molecule has 5 heteroatoms. The number of hydrogen-bond acceptors (Lipinski definition) is 3. The number of nitrogens with one attached hydrogen (secondary N) is 2. The summed E-state index contributed by atoms with van der Waals surface area (Å²) in [6.07, 6.45) is 0. The molecule has 0 saturated heterocycles. The van der Waals surface area contributed by atoms with Gasteiger partial charge in [-0.2, -0.15) is 0 Å². The number of aromatic nitrogens is 1. The van der Waals surface area contributed by atoms with Crippen LogP contribution in [-0.4, -0.2) is 18.0 Å². The lowest BCUT2D eigenvalue weighted by atomic mass is 10.0. The summed E-state index contributed by atoms with van der Waals surface area (Å²) >= 11 is 0. The molecule has 0 radical (unpaired) electrons. The molecule has 1 heterocycles. The fraction of sp³-hybridized carbons (Fsp3) is 0.263. The highest BCUT2D eigenvalue weighted by Gasteiger charge is 2.07. The molecule has 0 atom stereocenters. The summed E-state index contributed by atoms with van der Waals surface area (Å²) < 4.78 is 5.57. The smallest absolute Gasteiger partial charge is 0.214 e. The Morgan fingerprint density at radius 2 is 1.79 bits per heavy atom. The minimum absolute atomic E-state index is 0.504. The van der Waals surface area contributed by atoms with Crippen molar-refractivity contribution >= 4 is 16.7 Å². The Bertz CT molecular complexity index is 842. The first kappa shape index (κ1) is 16.1. The number of rotatable bonds is 4. The van der Waals surface area contributed by atoms with Gasteiger partial charge in [-0.3, -0.25) is 4.99 Å². The third-order valence-electron chi connectivity index (χ3n) is 4.03. The van der Waals surface area contributed by atoms with Crippen LogP contribution in [0.2, 0.25) is 0 Å². The summed E-state index contributed by atoms with van der Waals surface area (Å²) in [5, 5.41) is 9.06. The quantitative estimate of drug-likeness (QED) is 0.571. The molecule has 0 aliphatic rings. The average Bonchev–Trinajstić information content (AvgIpc) is 2.93. The SMILES string of the molecule is CN=C(NCc1nc(C)c(C)o1)NCc1cccc2ccccc12. The Balaban J connectivity index is 1.63. The second kappa shape index (κ2) is 7.17. The van der Waals surface area contributed by atoms with Crippen LogP contribution in [0.5, 0.6) is 0 Å². The summed E-state index contributed by atoms with van der Waals surface area (Å²) in [5.74, 6) is 2.24. The predicted octanol–water partition coefficient (Wildman–Crippen LogP) is 3.31. The van der Waals surface area contributed by atoms with Crippen LogP contribution >= 0.6 is 0 Å². The highest BCUT2D eigenvalue weighted by atomic mass is 16.4. The lowest BCUT2D eigenvalue weighted by Gasteiger charge is -2.12. The van der Waals surface area contributed by atoms with E-state index in [9.17, 15) is 0 Å². The summed E-state index contributed by atoms with van der Waals surface area (Å²) in [4.78, 5) is 8.62. The van der Waals surface area contributed by atoms with Gasteiger partial charge < -0.3 is 15.1 Å². The number of hydrogen-bond donors (Lipinski definition) is 2. The fourth-order valence-corrected chi connectivity index (χ4v) is 2.62. The summed E-state index contributed by atoms with van der Waals surface area (Å²) in [6, 6.07) is 14.7. The Kier molecular flexibility index (Phi) is 4.79. The topological polar surface area (TPSA) is 62.5 Å².